The van der Waals surface area contributed by atoms with Gasteiger partial charge in [0.2, 0.25) is 5.75 Å². The van der Waals surface area contributed by atoms with Crippen molar-refractivity contribution in [2.45, 2.75) is 34.6 Å². The van der Waals surface area contributed by atoms with E-state index >= 15 is 0 Å². The number of nitrogens with one attached hydrogen (secondary N) is 1. The summed E-state index contributed by atoms with van der Waals surface area (Å²) in [5.41, 5.74) is 3.61. The third kappa shape index (κ3) is 4.82. The number of hydrogen-bond acceptors (Lipinski definition) is 5. The molecule has 164 valence electrons. The molecule has 0 saturated heterocycles. The SMILES string of the molecule is CCOc1cc(C(=O)Nc2c(C)nn(-c3ccccc3)c2C)cc(OCC)c1OCC. The normalized spacial score (nSPS) is 10.6. The number of ether oxygens (including phenoxy) is 3. The number of aryl methyl sites for hydroxylation is 1. The Balaban J connectivity index is 1.96. The van der Waals surface area contributed by atoms with Crippen LogP contribution in [0.5, 0.6) is 17.2 Å². The van der Waals surface area contributed by atoms with Gasteiger partial charge < -0.3 is 19.5 Å². The quantitative estimate of drug-likeness (QED) is 0.528. The number of carbonyl (C=O) groups excluding carboxylic acids is 1. The van der Waals surface area contributed by atoms with E-state index in [1.54, 1.807) is 12.1 Å². The van der Waals surface area contributed by atoms with E-state index in [1.165, 1.54) is 0 Å². The molecule has 7 nitrogen and oxygen atoms in total. The third-order valence-corrected chi connectivity index (χ3v) is 4.70. The highest BCUT2D eigenvalue weighted by Crippen LogP contribution is 2.39. The number of rotatable bonds is 9. The molecule has 0 saturated carbocycles. The number of amides is 1. The fourth-order valence-corrected chi connectivity index (χ4v) is 3.35. The molecule has 7 heteroatoms. The molecule has 0 unspecified atom stereocenters. The van der Waals surface area contributed by atoms with Gasteiger partial charge >= 0.3 is 0 Å². The molecule has 1 N–H and O–H groups in total. The summed E-state index contributed by atoms with van der Waals surface area (Å²) in [6.07, 6.45) is 0. The van der Waals surface area contributed by atoms with Gasteiger partial charge in [-0.15, -0.1) is 0 Å². The van der Waals surface area contributed by atoms with Gasteiger partial charge in [0.1, 0.15) is 0 Å². The Morgan fingerprint density at radius 2 is 1.52 bits per heavy atom. The van der Waals surface area contributed by atoms with Gasteiger partial charge in [-0.2, -0.15) is 5.10 Å². The van der Waals surface area contributed by atoms with Crippen LogP contribution in [0, 0.1) is 13.8 Å². The van der Waals surface area contributed by atoms with Gasteiger partial charge in [-0.25, -0.2) is 4.68 Å². The zero-order valence-corrected chi connectivity index (χ0v) is 18.7. The first kappa shape index (κ1) is 22.2. The van der Waals surface area contributed by atoms with Crippen LogP contribution in [0.2, 0.25) is 0 Å². The summed E-state index contributed by atoms with van der Waals surface area (Å²) in [5.74, 6) is 1.19. The molecule has 0 aliphatic carbocycles. The number of para-hydroxylation sites is 1. The molecule has 0 aliphatic rings. The molecule has 0 atom stereocenters. The van der Waals surface area contributed by atoms with Crippen molar-refractivity contribution in [1.82, 2.24) is 9.78 Å². The van der Waals surface area contributed by atoms with Crippen molar-refractivity contribution in [3.8, 4) is 22.9 Å². The van der Waals surface area contributed by atoms with Crippen LogP contribution in [0.1, 0.15) is 42.5 Å². The minimum absolute atomic E-state index is 0.274. The Hall–Kier alpha value is -3.48. The number of nitrogens with zero attached hydrogens (tertiary/aromatic N) is 2. The maximum Gasteiger partial charge on any atom is 0.256 e. The number of aromatic nitrogens is 2. The average molecular weight is 424 g/mol. The van der Waals surface area contributed by atoms with Crippen molar-refractivity contribution in [3.05, 3.63) is 59.4 Å². The first-order valence-corrected chi connectivity index (χ1v) is 10.5. The second-order valence-corrected chi connectivity index (χ2v) is 6.85. The Morgan fingerprint density at radius 3 is 2.06 bits per heavy atom. The van der Waals surface area contributed by atoms with Gasteiger partial charge in [0.25, 0.3) is 5.91 Å². The fraction of sp³-hybridized carbons (Fsp3) is 0.333. The number of hydrogen-bond donors (Lipinski definition) is 1. The van der Waals surface area contributed by atoms with Crippen LogP contribution in [-0.4, -0.2) is 35.5 Å². The molecule has 1 aromatic heterocycles. The zero-order valence-electron chi connectivity index (χ0n) is 18.7. The fourth-order valence-electron chi connectivity index (χ4n) is 3.35. The first-order chi connectivity index (χ1) is 15.0. The third-order valence-electron chi connectivity index (χ3n) is 4.70. The molecule has 0 radical (unpaired) electrons. The summed E-state index contributed by atoms with van der Waals surface area (Å²) in [6, 6.07) is 13.2. The van der Waals surface area contributed by atoms with E-state index in [9.17, 15) is 4.79 Å². The average Bonchev–Trinajstić information content (AvgIpc) is 3.05. The second kappa shape index (κ2) is 10.0. The predicted molar refractivity (Wildman–Crippen MR) is 121 cm³/mol. The van der Waals surface area contributed by atoms with E-state index in [2.05, 4.69) is 10.4 Å². The van der Waals surface area contributed by atoms with Gasteiger partial charge in [-0.05, 0) is 58.9 Å². The Morgan fingerprint density at radius 1 is 0.935 bits per heavy atom. The first-order valence-electron chi connectivity index (χ1n) is 10.5. The molecule has 3 aromatic rings. The van der Waals surface area contributed by atoms with Crippen molar-refractivity contribution in [1.29, 1.82) is 0 Å². The molecule has 1 amide bonds. The Labute approximate surface area is 182 Å². The van der Waals surface area contributed by atoms with Crippen molar-refractivity contribution in [2.24, 2.45) is 0 Å². The summed E-state index contributed by atoms with van der Waals surface area (Å²) < 4.78 is 19.0. The smallest absolute Gasteiger partial charge is 0.256 e. The lowest BCUT2D eigenvalue weighted by Crippen LogP contribution is -2.14. The molecule has 2 aromatic carbocycles. The van der Waals surface area contributed by atoms with E-state index in [0.717, 1.165) is 17.1 Å². The van der Waals surface area contributed by atoms with E-state index < -0.39 is 0 Å². The highest BCUT2D eigenvalue weighted by atomic mass is 16.5. The van der Waals surface area contributed by atoms with Gasteiger partial charge in [0, 0.05) is 5.56 Å². The minimum atomic E-state index is -0.274. The molecule has 1 heterocycles. The van der Waals surface area contributed by atoms with Crippen LogP contribution in [0.25, 0.3) is 5.69 Å². The van der Waals surface area contributed by atoms with Crippen LogP contribution >= 0.6 is 0 Å². The van der Waals surface area contributed by atoms with Crippen LogP contribution in [-0.2, 0) is 0 Å². The lowest BCUT2D eigenvalue weighted by molar-refractivity contribution is 0.102. The molecule has 0 spiro atoms. The van der Waals surface area contributed by atoms with E-state index in [0.29, 0.717) is 48.3 Å². The van der Waals surface area contributed by atoms with E-state index in [4.69, 9.17) is 14.2 Å². The van der Waals surface area contributed by atoms with Crippen molar-refractivity contribution in [2.75, 3.05) is 25.1 Å². The molecule has 31 heavy (non-hydrogen) atoms. The monoisotopic (exact) mass is 423 g/mol. The maximum atomic E-state index is 13.1. The molecular formula is C24H29N3O4. The minimum Gasteiger partial charge on any atom is -0.490 e. The number of carbonyl (C=O) groups is 1. The van der Waals surface area contributed by atoms with Crippen LogP contribution in [0.3, 0.4) is 0 Å². The molecular weight excluding hydrogens is 394 g/mol. The number of anilines is 1. The van der Waals surface area contributed by atoms with Gasteiger partial charge in [-0.1, -0.05) is 18.2 Å². The highest BCUT2D eigenvalue weighted by Gasteiger charge is 2.21. The predicted octanol–water partition coefficient (Wildman–Crippen LogP) is 4.94. The lowest BCUT2D eigenvalue weighted by Gasteiger charge is -2.17. The van der Waals surface area contributed by atoms with Crippen LogP contribution in [0.15, 0.2) is 42.5 Å². The summed E-state index contributed by atoms with van der Waals surface area (Å²) in [7, 11) is 0. The number of benzene rings is 2. The molecule has 0 fully saturated rings. The van der Waals surface area contributed by atoms with Gasteiger partial charge in [-0.3, -0.25) is 4.79 Å². The topological polar surface area (TPSA) is 74.6 Å². The van der Waals surface area contributed by atoms with Gasteiger partial charge in [0.05, 0.1) is 42.6 Å². The Bertz CT molecular complexity index is 1020. The van der Waals surface area contributed by atoms with Crippen molar-refractivity contribution >= 4 is 11.6 Å². The van der Waals surface area contributed by atoms with Gasteiger partial charge in [0.15, 0.2) is 11.5 Å². The summed E-state index contributed by atoms with van der Waals surface area (Å²) in [5, 5.41) is 7.59. The molecule has 0 bridgehead atoms. The van der Waals surface area contributed by atoms with E-state index in [-0.39, 0.29) is 5.91 Å². The van der Waals surface area contributed by atoms with Crippen molar-refractivity contribution in [3.63, 3.8) is 0 Å². The zero-order chi connectivity index (χ0) is 22.4. The molecule has 3 rings (SSSR count). The Kier molecular flexibility index (Phi) is 7.18. The van der Waals surface area contributed by atoms with Crippen LogP contribution < -0.4 is 19.5 Å². The maximum absolute atomic E-state index is 13.1. The highest BCUT2D eigenvalue weighted by molar-refractivity contribution is 6.05. The lowest BCUT2D eigenvalue weighted by atomic mass is 10.1. The standard InChI is InChI=1S/C24H29N3O4/c1-6-29-20-14-18(15-21(30-7-2)23(20)31-8-3)24(28)25-22-16(4)26-27(17(22)5)19-12-10-9-11-13-19/h9-15H,6-8H2,1-5H3,(H,25,28). The van der Waals surface area contributed by atoms with Crippen LogP contribution in [0.4, 0.5) is 5.69 Å². The second-order valence-electron chi connectivity index (χ2n) is 6.85. The summed E-state index contributed by atoms with van der Waals surface area (Å²) >= 11 is 0. The largest absolute Gasteiger partial charge is 0.490 e. The summed E-state index contributed by atoms with van der Waals surface area (Å²) in [4.78, 5) is 13.1. The summed E-state index contributed by atoms with van der Waals surface area (Å²) in [6.45, 7) is 10.8. The molecule has 0 aliphatic heterocycles. The van der Waals surface area contributed by atoms with Crippen molar-refractivity contribution < 1.29 is 19.0 Å². The van der Waals surface area contributed by atoms with E-state index in [1.807, 2.05) is 69.6 Å².